The van der Waals surface area contributed by atoms with Gasteiger partial charge in [0.05, 0.1) is 0 Å². The summed E-state index contributed by atoms with van der Waals surface area (Å²) < 4.78 is 0. The van der Waals surface area contributed by atoms with E-state index in [4.69, 9.17) is 0 Å². The summed E-state index contributed by atoms with van der Waals surface area (Å²) in [7, 11) is 1.74. The van der Waals surface area contributed by atoms with Crippen LogP contribution in [0.5, 0.6) is 0 Å². The van der Waals surface area contributed by atoms with Crippen molar-refractivity contribution in [2.45, 2.75) is 6.42 Å². The van der Waals surface area contributed by atoms with Crippen molar-refractivity contribution in [2.75, 3.05) is 18.5 Å². The number of fused-ring (bicyclic) bond motifs is 1. The number of para-hydroxylation sites is 2. The predicted octanol–water partition coefficient (Wildman–Crippen LogP) is 4.42. The number of hydrogen-bond acceptors (Lipinski definition) is 2. The molecule has 0 fully saturated rings. The van der Waals surface area contributed by atoms with Crippen molar-refractivity contribution in [3.63, 3.8) is 0 Å². The number of nitrogens with one attached hydrogen (secondary N) is 2. The van der Waals surface area contributed by atoms with Crippen molar-refractivity contribution in [2.24, 2.45) is 0 Å². The minimum Gasteiger partial charge on any atom is -0.361 e. The van der Waals surface area contributed by atoms with Crippen LogP contribution in [0.25, 0.3) is 10.9 Å². The summed E-state index contributed by atoms with van der Waals surface area (Å²) in [5.41, 5.74) is 4.17. The van der Waals surface area contributed by atoms with Gasteiger partial charge < -0.3 is 15.2 Å². The fourth-order valence-electron chi connectivity index (χ4n) is 3.48. The number of nitrogens with zero attached hydrogens (tertiary/aromatic N) is 1. The first-order chi connectivity index (χ1) is 14.6. The van der Waals surface area contributed by atoms with Gasteiger partial charge in [0.1, 0.15) is 0 Å². The highest BCUT2D eigenvalue weighted by atomic mass is 16.2. The zero-order valence-corrected chi connectivity index (χ0v) is 16.8. The molecule has 0 bridgehead atoms. The van der Waals surface area contributed by atoms with E-state index in [0.717, 1.165) is 17.6 Å². The van der Waals surface area contributed by atoms with Crippen molar-refractivity contribution in [1.29, 1.82) is 0 Å². The van der Waals surface area contributed by atoms with Crippen LogP contribution in [0.3, 0.4) is 0 Å². The Bertz CT molecular complexity index is 1160. The average molecular weight is 397 g/mol. The minimum absolute atomic E-state index is 0.118. The van der Waals surface area contributed by atoms with Gasteiger partial charge in [0.15, 0.2) is 0 Å². The normalized spacial score (nSPS) is 10.7. The molecule has 0 radical (unpaired) electrons. The molecular formula is C25H23N3O2. The largest absolute Gasteiger partial charge is 0.361 e. The van der Waals surface area contributed by atoms with Gasteiger partial charge in [-0.25, -0.2) is 0 Å². The van der Waals surface area contributed by atoms with Crippen molar-refractivity contribution < 1.29 is 9.59 Å². The van der Waals surface area contributed by atoms with Crippen molar-refractivity contribution in [3.8, 4) is 0 Å². The third-order valence-corrected chi connectivity index (χ3v) is 5.20. The lowest BCUT2D eigenvalue weighted by Gasteiger charge is -2.17. The molecule has 3 aromatic carbocycles. The number of benzene rings is 3. The molecule has 5 heteroatoms. The van der Waals surface area contributed by atoms with Crippen LogP contribution in [0.15, 0.2) is 85.1 Å². The first-order valence-electron chi connectivity index (χ1n) is 9.90. The maximum Gasteiger partial charge on any atom is 0.258 e. The van der Waals surface area contributed by atoms with Gasteiger partial charge in [0, 0.05) is 47.5 Å². The number of carbonyl (C=O) groups excluding carboxylic acids is 2. The number of anilines is 1. The maximum absolute atomic E-state index is 12.7. The highest BCUT2D eigenvalue weighted by Crippen LogP contribution is 2.18. The lowest BCUT2D eigenvalue weighted by molar-refractivity contribution is 0.0951. The molecule has 4 rings (SSSR count). The second kappa shape index (κ2) is 8.66. The lowest BCUT2D eigenvalue weighted by Crippen LogP contribution is -2.27. The molecule has 0 saturated heterocycles. The summed E-state index contributed by atoms with van der Waals surface area (Å²) in [6, 6.07) is 24.3. The Kier molecular flexibility index (Phi) is 5.61. The Balaban J connectivity index is 1.35. The highest BCUT2D eigenvalue weighted by Gasteiger charge is 2.14. The van der Waals surface area contributed by atoms with E-state index in [0.29, 0.717) is 17.7 Å². The molecule has 0 aliphatic rings. The molecule has 2 amide bonds. The van der Waals surface area contributed by atoms with Crippen LogP contribution in [0.4, 0.5) is 5.69 Å². The molecule has 1 aromatic heterocycles. The second-order valence-corrected chi connectivity index (χ2v) is 7.14. The molecule has 1 heterocycles. The molecule has 150 valence electrons. The molecule has 2 N–H and O–H groups in total. The van der Waals surface area contributed by atoms with Crippen molar-refractivity contribution >= 4 is 28.4 Å². The number of aromatic amines is 1. The molecular weight excluding hydrogens is 374 g/mol. The monoisotopic (exact) mass is 397 g/mol. The molecule has 30 heavy (non-hydrogen) atoms. The number of H-pyrrole nitrogens is 1. The van der Waals surface area contributed by atoms with Crippen LogP contribution in [0.2, 0.25) is 0 Å². The van der Waals surface area contributed by atoms with Gasteiger partial charge >= 0.3 is 0 Å². The smallest absolute Gasteiger partial charge is 0.258 e. The van der Waals surface area contributed by atoms with Gasteiger partial charge in [-0.05, 0) is 54.4 Å². The molecule has 0 aliphatic heterocycles. The van der Waals surface area contributed by atoms with Crippen molar-refractivity contribution in [3.05, 3.63) is 102 Å². The Hall–Kier alpha value is -3.86. The molecule has 0 unspecified atom stereocenters. The number of aromatic nitrogens is 1. The quantitative estimate of drug-likeness (QED) is 0.506. The van der Waals surface area contributed by atoms with Gasteiger partial charge in [-0.2, -0.15) is 0 Å². The van der Waals surface area contributed by atoms with Gasteiger partial charge in [-0.1, -0.05) is 36.4 Å². The van der Waals surface area contributed by atoms with E-state index >= 15 is 0 Å². The van der Waals surface area contributed by atoms with Crippen LogP contribution in [-0.2, 0) is 6.42 Å². The maximum atomic E-state index is 12.7. The third kappa shape index (κ3) is 4.10. The van der Waals surface area contributed by atoms with Crippen LogP contribution in [0.1, 0.15) is 26.3 Å². The Labute approximate surface area is 175 Å². The fraction of sp³-hybridized carbons (Fsp3) is 0.120. The zero-order chi connectivity index (χ0) is 20.9. The first kappa shape index (κ1) is 19.5. The summed E-state index contributed by atoms with van der Waals surface area (Å²) in [6.07, 6.45) is 2.73. The summed E-state index contributed by atoms with van der Waals surface area (Å²) in [4.78, 5) is 30.0. The Morgan fingerprint density at radius 3 is 2.30 bits per heavy atom. The molecule has 5 nitrogen and oxygen atoms in total. The van der Waals surface area contributed by atoms with Gasteiger partial charge in [-0.3, -0.25) is 9.59 Å². The SMILES string of the molecule is CN(C(=O)c1ccc(C(=O)NCCc2c[nH]c3ccccc23)cc1)c1ccccc1. The number of rotatable bonds is 6. The van der Waals surface area contributed by atoms with Crippen LogP contribution < -0.4 is 10.2 Å². The number of amides is 2. The van der Waals surface area contributed by atoms with E-state index in [1.165, 1.54) is 10.9 Å². The summed E-state index contributed by atoms with van der Waals surface area (Å²) in [5.74, 6) is -0.266. The molecule has 0 atom stereocenters. The van der Waals surface area contributed by atoms with E-state index in [1.807, 2.05) is 54.7 Å². The van der Waals surface area contributed by atoms with Gasteiger partial charge in [0.2, 0.25) is 0 Å². The van der Waals surface area contributed by atoms with E-state index in [-0.39, 0.29) is 11.8 Å². The summed E-state index contributed by atoms with van der Waals surface area (Å²) in [6.45, 7) is 0.540. The van der Waals surface area contributed by atoms with Crippen LogP contribution >= 0.6 is 0 Å². The Morgan fingerprint density at radius 2 is 1.53 bits per heavy atom. The number of hydrogen-bond donors (Lipinski definition) is 2. The minimum atomic E-state index is -0.148. The van der Waals surface area contributed by atoms with E-state index < -0.39 is 0 Å². The van der Waals surface area contributed by atoms with Crippen molar-refractivity contribution in [1.82, 2.24) is 10.3 Å². The first-order valence-corrected chi connectivity index (χ1v) is 9.90. The van der Waals surface area contributed by atoms with E-state index in [2.05, 4.69) is 16.4 Å². The third-order valence-electron chi connectivity index (χ3n) is 5.20. The lowest BCUT2D eigenvalue weighted by atomic mass is 10.1. The molecule has 4 aromatic rings. The zero-order valence-electron chi connectivity index (χ0n) is 16.8. The predicted molar refractivity (Wildman–Crippen MR) is 120 cm³/mol. The Morgan fingerprint density at radius 1 is 0.867 bits per heavy atom. The number of carbonyl (C=O) groups is 2. The summed E-state index contributed by atoms with van der Waals surface area (Å²) in [5, 5.41) is 4.13. The van der Waals surface area contributed by atoms with Gasteiger partial charge in [-0.15, -0.1) is 0 Å². The van der Waals surface area contributed by atoms with Crippen LogP contribution in [0, 0.1) is 0 Å². The van der Waals surface area contributed by atoms with E-state index in [1.54, 1.807) is 36.2 Å². The van der Waals surface area contributed by atoms with Gasteiger partial charge in [0.25, 0.3) is 11.8 Å². The molecule has 0 saturated carbocycles. The van der Waals surface area contributed by atoms with E-state index in [9.17, 15) is 9.59 Å². The highest BCUT2D eigenvalue weighted by molar-refractivity contribution is 6.06. The van der Waals surface area contributed by atoms with Crippen LogP contribution in [-0.4, -0.2) is 30.4 Å². The topological polar surface area (TPSA) is 65.2 Å². The molecule has 0 aliphatic carbocycles. The fourth-order valence-corrected chi connectivity index (χ4v) is 3.48. The second-order valence-electron chi connectivity index (χ2n) is 7.14. The molecule has 0 spiro atoms. The summed E-state index contributed by atoms with van der Waals surface area (Å²) >= 11 is 0. The average Bonchev–Trinajstić information content (AvgIpc) is 3.22. The standard InChI is InChI=1S/C25H23N3O2/c1-28(21-7-3-2-4-8-21)25(30)19-13-11-18(12-14-19)24(29)26-16-15-20-17-27-23-10-6-5-9-22(20)23/h2-14,17,27H,15-16H2,1H3,(H,26,29).